The number of hydrogen-bond acceptors (Lipinski definition) is 3. The quantitative estimate of drug-likeness (QED) is 0.600. The summed E-state index contributed by atoms with van der Waals surface area (Å²) in [4.78, 5) is 13.0. The summed E-state index contributed by atoms with van der Waals surface area (Å²) in [5.41, 5.74) is 6.94. The summed E-state index contributed by atoms with van der Waals surface area (Å²) in [5.74, 6) is 0.273. The molecule has 1 aliphatic heterocycles. The van der Waals surface area contributed by atoms with Gasteiger partial charge in [-0.05, 0) is 54.2 Å². The molecule has 3 aromatic rings. The van der Waals surface area contributed by atoms with Crippen LogP contribution in [-0.4, -0.2) is 11.1 Å². The summed E-state index contributed by atoms with van der Waals surface area (Å²) in [6, 6.07) is 17.8. The third-order valence-corrected chi connectivity index (χ3v) is 6.04. The van der Waals surface area contributed by atoms with Crippen LogP contribution >= 0.6 is 0 Å². The molecule has 0 aromatic heterocycles. The Labute approximate surface area is 164 Å². The second kappa shape index (κ2) is 5.71. The largest absolute Gasteiger partial charge is 0.508 e. The van der Waals surface area contributed by atoms with Crippen molar-refractivity contribution in [2.75, 3.05) is 0 Å². The van der Waals surface area contributed by atoms with Crippen molar-refractivity contribution < 1.29 is 14.6 Å². The lowest BCUT2D eigenvalue weighted by Crippen LogP contribution is -2.35. The van der Waals surface area contributed by atoms with Crippen molar-refractivity contribution in [3.05, 3.63) is 99.1 Å². The van der Waals surface area contributed by atoms with Gasteiger partial charge in [0.2, 0.25) is 0 Å². The summed E-state index contributed by atoms with van der Waals surface area (Å²) < 4.78 is 6.21. The predicted molar refractivity (Wildman–Crippen MR) is 108 cm³/mol. The monoisotopic (exact) mass is 370 g/mol. The number of aryl methyl sites for hydroxylation is 1. The Balaban J connectivity index is 1.85. The molecular formula is C25H22O3. The standard InChI is InChI=1S/C25H22O3/c1-14(2)16-5-8-23-20(13-16)24(27)28-25(23)21-7-4-15(3)10-17(21)11-18-12-19(26)6-9-22(18)25/h4-10,12-14,26H,11H2,1-3H3. The molecule has 0 fully saturated rings. The van der Waals surface area contributed by atoms with E-state index in [0.29, 0.717) is 17.9 Å². The molecule has 3 nitrogen and oxygen atoms in total. The van der Waals surface area contributed by atoms with Crippen LogP contribution in [-0.2, 0) is 16.8 Å². The summed E-state index contributed by atoms with van der Waals surface area (Å²) in [5, 5.41) is 10.1. The van der Waals surface area contributed by atoms with E-state index in [-0.39, 0.29) is 11.7 Å². The van der Waals surface area contributed by atoms with E-state index in [9.17, 15) is 9.90 Å². The van der Waals surface area contributed by atoms with Crippen LogP contribution < -0.4 is 0 Å². The number of aromatic hydroxyl groups is 1. The molecule has 0 bridgehead atoms. The van der Waals surface area contributed by atoms with Crippen LogP contribution in [0.3, 0.4) is 0 Å². The molecule has 2 aliphatic rings. The summed E-state index contributed by atoms with van der Waals surface area (Å²) >= 11 is 0. The zero-order valence-corrected chi connectivity index (χ0v) is 16.2. The Hall–Kier alpha value is -3.07. The SMILES string of the molecule is Cc1ccc2c(c1)Cc1cc(O)ccc1C21OC(=O)c2cc(C(C)C)ccc21. The van der Waals surface area contributed by atoms with Gasteiger partial charge in [0, 0.05) is 16.7 Å². The number of carbonyl (C=O) groups excluding carboxylic acids is 1. The van der Waals surface area contributed by atoms with Crippen molar-refractivity contribution in [2.45, 2.75) is 38.7 Å². The molecule has 5 rings (SSSR count). The number of ether oxygens (including phenoxy) is 1. The number of esters is 1. The first kappa shape index (κ1) is 17.1. The van der Waals surface area contributed by atoms with Crippen LogP contribution in [0.1, 0.15) is 69.1 Å². The van der Waals surface area contributed by atoms with E-state index in [0.717, 1.165) is 38.9 Å². The smallest absolute Gasteiger partial charge is 0.340 e. The van der Waals surface area contributed by atoms with Crippen molar-refractivity contribution in [3.8, 4) is 5.75 Å². The lowest BCUT2D eigenvalue weighted by molar-refractivity contribution is 0.0240. The van der Waals surface area contributed by atoms with E-state index in [4.69, 9.17) is 4.74 Å². The van der Waals surface area contributed by atoms with E-state index in [1.807, 2.05) is 18.2 Å². The van der Waals surface area contributed by atoms with Gasteiger partial charge >= 0.3 is 5.97 Å². The van der Waals surface area contributed by atoms with Crippen molar-refractivity contribution in [3.63, 3.8) is 0 Å². The van der Waals surface area contributed by atoms with Gasteiger partial charge in [0.1, 0.15) is 5.75 Å². The molecule has 1 spiro atoms. The minimum Gasteiger partial charge on any atom is -0.508 e. The van der Waals surface area contributed by atoms with Crippen molar-refractivity contribution in [1.29, 1.82) is 0 Å². The molecule has 3 heteroatoms. The van der Waals surface area contributed by atoms with Gasteiger partial charge < -0.3 is 9.84 Å². The van der Waals surface area contributed by atoms with Crippen LogP contribution in [0.5, 0.6) is 5.75 Å². The van der Waals surface area contributed by atoms with Crippen LogP contribution in [0.25, 0.3) is 0 Å². The maximum atomic E-state index is 13.0. The summed E-state index contributed by atoms with van der Waals surface area (Å²) in [7, 11) is 0. The van der Waals surface area contributed by atoms with Crippen LogP contribution in [0.15, 0.2) is 54.6 Å². The molecule has 0 radical (unpaired) electrons. The van der Waals surface area contributed by atoms with Gasteiger partial charge in [0.15, 0.2) is 5.60 Å². The number of hydrogen-bond donors (Lipinski definition) is 1. The molecule has 1 heterocycles. The van der Waals surface area contributed by atoms with Crippen molar-refractivity contribution in [2.24, 2.45) is 0 Å². The topological polar surface area (TPSA) is 46.5 Å². The summed E-state index contributed by atoms with van der Waals surface area (Å²) in [6.07, 6.45) is 0.708. The molecule has 28 heavy (non-hydrogen) atoms. The van der Waals surface area contributed by atoms with Gasteiger partial charge in [-0.15, -0.1) is 0 Å². The predicted octanol–water partition coefficient (Wildman–Crippen LogP) is 5.19. The normalized spacial score (nSPS) is 19.4. The number of phenolic OH excluding ortho intramolecular Hbond substituents is 1. The second-order valence-corrected chi connectivity index (χ2v) is 8.21. The molecule has 1 atom stereocenters. The highest BCUT2D eigenvalue weighted by molar-refractivity contribution is 5.97. The highest BCUT2D eigenvalue weighted by atomic mass is 16.6. The molecule has 1 N–H and O–H groups in total. The molecule has 1 aliphatic carbocycles. The minimum absolute atomic E-state index is 0.227. The van der Waals surface area contributed by atoms with Gasteiger partial charge in [-0.1, -0.05) is 55.8 Å². The number of rotatable bonds is 1. The van der Waals surface area contributed by atoms with E-state index in [1.165, 1.54) is 0 Å². The molecule has 0 saturated heterocycles. The van der Waals surface area contributed by atoms with E-state index in [2.05, 4.69) is 45.0 Å². The Morgan fingerprint density at radius 2 is 1.61 bits per heavy atom. The van der Waals surface area contributed by atoms with Gasteiger partial charge in [0.05, 0.1) is 5.56 Å². The molecule has 3 aromatic carbocycles. The van der Waals surface area contributed by atoms with Crippen LogP contribution in [0.2, 0.25) is 0 Å². The number of carbonyl (C=O) groups is 1. The first-order valence-electron chi connectivity index (χ1n) is 9.70. The molecule has 0 saturated carbocycles. The van der Waals surface area contributed by atoms with Gasteiger partial charge in [-0.2, -0.15) is 0 Å². The van der Waals surface area contributed by atoms with Gasteiger partial charge in [0.25, 0.3) is 0 Å². The maximum absolute atomic E-state index is 13.0. The Morgan fingerprint density at radius 1 is 0.929 bits per heavy atom. The number of benzene rings is 3. The van der Waals surface area contributed by atoms with Crippen LogP contribution in [0, 0.1) is 6.92 Å². The lowest BCUT2D eigenvalue weighted by atomic mass is 9.70. The third kappa shape index (κ3) is 2.19. The fraction of sp³-hybridized carbons (Fsp3) is 0.240. The zero-order chi connectivity index (χ0) is 19.6. The van der Waals surface area contributed by atoms with Gasteiger partial charge in [-0.3, -0.25) is 0 Å². The lowest BCUT2D eigenvalue weighted by Gasteiger charge is -2.37. The minimum atomic E-state index is -0.952. The molecule has 1 unspecified atom stereocenters. The average molecular weight is 370 g/mol. The van der Waals surface area contributed by atoms with Crippen molar-refractivity contribution >= 4 is 5.97 Å². The fourth-order valence-corrected chi connectivity index (χ4v) is 4.68. The molecule has 0 amide bonds. The van der Waals surface area contributed by atoms with E-state index >= 15 is 0 Å². The number of phenols is 1. The Bertz CT molecular complexity index is 1090. The Kier molecular flexibility index (Phi) is 3.48. The second-order valence-electron chi connectivity index (χ2n) is 8.21. The highest BCUT2D eigenvalue weighted by Crippen LogP contribution is 2.52. The highest BCUT2D eigenvalue weighted by Gasteiger charge is 2.52. The zero-order valence-electron chi connectivity index (χ0n) is 16.2. The van der Waals surface area contributed by atoms with E-state index < -0.39 is 5.60 Å². The van der Waals surface area contributed by atoms with Crippen LogP contribution in [0.4, 0.5) is 0 Å². The van der Waals surface area contributed by atoms with E-state index in [1.54, 1.807) is 12.1 Å². The maximum Gasteiger partial charge on any atom is 0.340 e. The Morgan fingerprint density at radius 3 is 2.36 bits per heavy atom. The first-order valence-corrected chi connectivity index (χ1v) is 9.70. The molecular weight excluding hydrogens is 348 g/mol. The van der Waals surface area contributed by atoms with Gasteiger partial charge in [-0.25, -0.2) is 4.79 Å². The molecule has 140 valence electrons. The number of fused-ring (bicyclic) bond motifs is 6. The summed E-state index contributed by atoms with van der Waals surface area (Å²) in [6.45, 7) is 6.30. The first-order chi connectivity index (χ1) is 13.4. The third-order valence-electron chi connectivity index (χ3n) is 6.04. The van der Waals surface area contributed by atoms with Crippen molar-refractivity contribution in [1.82, 2.24) is 0 Å². The fourth-order valence-electron chi connectivity index (χ4n) is 4.68. The average Bonchev–Trinajstić information content (AvgIpc) is 2.94.